The predicted molar refractivity (Wildman–Crippen MR) is 134 cm³/mol. The first kappa shape index (κ1) is 24.0. The third-order valence-corrected chi connectivity index (χ3v) is 6.08. The number of aliphatic carboxylic acids is 1. The molecule has 5 aromatic rings. The number of alkyl halides is 3. The Morgan fingerprint density at radius 2 is 1.73 bits per heavy atom. The Morgan fingerprint density at radius 1 is 1.03 bits per heavy atom. The van der Waals surface area contributed by atoms with E-state index < -0.39 is 23.3 Å². The highest BCUT2D eigenvalue weighted by Crippen LogP contribution is 2.32. The van der Waals surface area contributed by atoms with Gasteiger partial charge in [0.05, 0.1) is 22.7 Å². The summed E-state index contributed by atoms with van der Waals surface area (Å²) < 4.78 is 42.8. The van der Waals surface area contributed by atoms with E-state index >= 15 is 0 Å². The number of halogens is 3. The van der Waals surface area contributed by atoms with Crippen LogP contribution >= 0.6 is 0 Å². The van der Waals surface area contributed by atoms with E-state index in [4.69, 9.17) is 0 Å². The number of hydrogen-bond donors (Lipinski definition) is 1. The fourth-order valence-electron chi connectivity index (χ4n) is 4.33. The first-order valence-corrected chi connectivity index (χ1v) is 11.2. The molecule has 10 heteroatoms. The maximum atomic E-state index is 13.4. The van der Waals surface area contributed by atoms with Gasteiger partial charge in [0.15, 0.2) is 5.82 Å². The lowest BCUT2D eigenvalue weighted by molar-refractivity contribution is -0.138. The summed E-state index contributed by atoms with van der Waals surface area (Å²) in [5.74, 6) is -1.08. The van der Waals surface area contributed by atoms with Crippen molar-refractivity contribution in [2.45, 2.75) is 19.6 Å². The summed E-state index contributed by atoms with van der Waals surface area (Å²) in [5.41, 5.74) is 0.810. The molecule has 0 saturated heterocycles. The third-order valence-electron chi connectivity index (χ3n) is 6.08. The van der Waals surface area contributed by atoms with E-state index in [1.807, 2.05) is 0 Å². The molecule has 0 aliphatic heterocycles. The molecule has 0 spiro atoms. The summed E-state index contributed by atoms with van der Waals surface area (Å²) in [6.45, 7) is 1.46. The molecular formula is C27H19F3N4O3. The molecule has 37 heavy (non-hydrogen) atoms. The van der Waals surface area contributed by atoms with Crippen molar-refractivity contribution in [3.63, 3.8) is 0 Å². The van der Waals surface area contributed by atoms with Crippen LogP contribution in [-0.4, -0.2) is 31.5 Å². The maximum Gasteiger partial charge on any atom is 0.416 e. The second kappa shape index (κ2) is 9.05. The van der Waals surface area contributed by atoms with Crippen molar-refractivity contribution in [2.24, 2.45) is 5.10 Å². The quantitative estimate of drug-likeness (QED) is 0.329. The van der Waals surface area contributed by atoms with Crippen molar-refractivity contribution in [1.82, 2.24) is 14.2 Å². The summed E-state index contributed by atoms with van der Waals surface area (Å²) in [6, 6.07) is 18.2. The number of benzene rings is 3. The molecule has 0 fully saturated rings. The van der Waals surface area contributed by atoms with Crippen LogP contribution in [0.3, 0.4) is 0 Å². The molecule has 2 aromatic heterocycles. The van der Waals surface area contributed by atoms with E-state index in [1.165, 1.54) is 18.3 Å². The van der Waals surface area contributed by atoms with Gasteiger partial charge in [-0.1, -0.05) is 42.5 Å². The van der Waals surface area contributed by atoms with E-state index in [-0.39, 0.29) is 23.3 Å². The lowest BCUT2D eigenvalue weighted by Crippen LogP contribution is -2.20. The zero-order valence-electron chi connectivity index (χ0n) is 19.4. The van der Waals surface area contributed by atoms with Crippen LogP contribution in [0.1, 0.15) is 16.8 Å². The van der Waals surface area contributed by atoms with E-state index in [0.717, 1.165) is 16.8 Å². The van der Waals surface area contributed by atoms with Crippen molar-refractivity contribution < 1.29 is 23.1 Å². The number of carbonyl (C=O) groups is 1. The van der Waals surface area contributed by atoms with E-state index in [0.29, 0.717) is 27.7 Å². The van der Waals surface area contributed by atoms with Crippen molar-refractivity contribution in [3.8, 4) is 11.4 Å². The molecule has 3 aromatic carbocycles. The van der Waals surface area contributed by atoms with Crippen LogP contribution in [-0.2, 0) is 17.5 Å². The summed E-state index contributed by atoms with van der Waals surface area (Å²) in [7, 11) is 0. The number of aromatic nitrogens is 3. The normalized spacial score (nSPS) is 12.1. The Labute approximate surface area is 207 Å². The van der Waals surface area contributed by atoms with Crippen LogP contribution in [0.25, 0.3) is 33.2 Å². The van der Waals surface area contributed by atoms with Gasteiger partial charge in [-0.15, -0.1) is 0 Å². The predicted octanol–water partition coefficient (Wildman–Crippen LogP) is 5.31. The molecule has 0 bridgehead atoms. The van der Waals surface area contributed by atoms with Crippen LogP contribution in [0.2, 0.25) is 0 Å². The number of rotatable bonds is 5. The average molecular weight is 504 g/mol. The van der Waals surface area contributed by atoms with Gasteiger partial charge in [0.25, 0.3) is 5.56 Å². The molecule has 0 aliphatic carbocycles. The van der Waals surface area contributed by atoms with Gasteiger partial charge in [0.1, 0.15) is 6.54 Å². The summed E-state index contributed by atoms with van der Waals surface area (Å²) in [6.07, 6.45) is -3.17. The molecule has 0 unspecified atom stereocenters. The molecule has 2 heterocycles. The van der Waals surface area contributed by atoms with Gasteiger partial charge in [-0.3, -0.25) is 9.59 Å². The van der Waals surface area contributed by atoms with Crippen molar-refractivity contribution in [1.29, 1.82) is 0 Å². The molecule has 1 N–H and O–H groups in total. The fourth-order valence-corrected chi connectivity index (χ4v) is 4.33. The first-order valence-electron chi connectivity index (χ1n) is 11.2. The van der Waals surface area contributed by atoms with Crippen molar-refractivity contribution >= 4 is 34.0 Å². The second-order valence-corrected chi connectivity index (χ2v) is 8.39. The lowest BCUT2D eigenvalue weighted by Gasteiger charge is -2.12. The summed E-state index contributed by atoms with van der Waals surface area (Å²) in [4.78, 5) is 29.3. The molecule has 0 amide bonds. The molecule has 0 saturated carbocycles. The Hall–Kier alpha value is -4.73. The smallest absolute Gasteiger partial charge is 0.416 e. The van der Waals surface area contributed by atoms with Crippen LogP contribution in [0.5, 0.6) is 0 Å². The second-order valence-electron chi connectivity index (χ2n) is 8.39. The van der Waals surface area contributed by atoms with E-state index in [9.17, 15) is 27.9 Å². The molecule has 0 aliphatic rings. The topological polar surface area (TPSA) is 89.5 Å². The van der Waals surface area contributed by atoms with Gasteiger partial charge < -0.3 is 9.67 Å². The Kier molecular flexibility index (Phi) is 5.87. The minimum Gasteiger partial charge on any atom is -0.480 e. The van der Waals surface area contributed by atoms with Gasteiger partial charge in [0, 0.05) is 27.7 Å². The van der Waals surface area contributed by atoms with Crippen molar-refractivity contribution in [2.75, 3.05) is 0 Å². The Morgan fingerprint density at radius 3 is 2.46 bits per heavy atom. The number of carboxylic acids is 1. The minimum absolute atomic E-state index is 0.0574. The van der Waals surface area contributed by atoms with Gasteiger partial charge in [0.2, 0.25) is 0 Å². The summed E-state index contributed by atoms with van der Waals surface area (Å²) in [5, 5.41) is 14.7. The highest BCUT2D eigenvalue weighted by molar-refractivity contribution is 6.01. The van der Waals surface area contributed by atoms with Crippen LogP contribution in [0, 0.1) is 6.92 Å². The van der Waals surface area contributed by atoms with Gasteiger partial charge in [-0.25, -0.2) is 4.98 Å². The summed E-state index contributed by atoms with van der Waals surface area (Å²) >= 11 is 0. The van der Waals surface area contributed by atoms with Crippen LogP contribution < -0.4 is 5.56 Å². The molecule has 0 atom stereocenters. The highest BCUT2D eigenvalue weighted by Gasteiger charge is 2.31. The van der Waals surface area contributed by atoms with E-state index in [1.54, 1.807) is 60.0 Å². The molecule has 5 rings (SSSR count). The number of fused-ring (bicyclic) bond motifs is 2. The molecule has 186 valence electrons. The molecular weight excluding hydrogens is 485 g/mol. The minimum atomic E-state index is -4.58. The van der Waals surface area contributed by atoms with E-state index in [2.05, 4.69) is 10.1 Å². The molecule has 7 nitrogen and oxygen atoms in total. The largest absolute Gasteiger partial charge is 0.480 e. The van der Waals surface area contributed by atoms with Crippen LogP contribution in [0.15, 0.2) is 82.7 Å². The SMILES string of the molecule is Cc1c(C=Nn2c(-c3cccc(C(F)(F)F)c3)nc3ccccc3c2=O)c2ccccc2n1CC(=O)O. The van der Waals surface area contributed by atoms with Crippen molar-refractivity contribution in [3.05, 3.63) is 100.0 Å². The lowest BCUT2D eigenvalue weighted by atomic mass is 10.1. The average Bonchev–Trinajstić information content (AvgIpc) is 3.13. The zero-order chi connectivity index (χ0) is 26.3. The Bertz CT molecular complexity index is 1770. The zero-order valence-corrected chi connectivity index (χ0v) is 19.4. The van der Waals surface area contributed by atoms with Gasteiger partial charge in [-0.2, -0.15) is 22.9 Å². The maximum absolute atomic E-state index is 13.4. The third kappa shape index (κ3) is 4.37. The number of hydrogen-bond acceptors (Lipinski definition) is 4. The van der Waals surface area contributed by atoms with Gasteiger partial charge >= 0.3 is 12.1 Å². The highest BCUT2D eigenvalue weighted by atomic mass is 19.4. The number of nitrogens with zero attached hydrogens (tertiary/aromatic N) is 4. The monoisotopic (exact) mass is 504 g/mol. The molecule has 0 radical (unpaired) electrons. The number of para-hydroxylation sites is 2. The standard InChI is InChI=1S/C27H19F3N4O3/c1-16-21(19-9-3-5-12-23(19)33(16)15-24(35)36)14-31-34-25(17-7-6-8-18(13-17)27(28,29)30)32-22-11-4-2-10-20(22)26(34)37/h2-14H,15H2,1H3,(H,35,36). The number of carboxylic acid groups (broad SMARTS) is 1. The fraction of sp³-hybridized carbons (Fsp3) is 0.111. The first-order chi connectivity index (χ1) is 17.6. The van der Waals surface area contributed by atoms with Gasteiger partial charge in [-0.05, 0) is 37.3 Å². The van der Waals surface area contributed by atoms with Crippen LogP contribution in [0.4, 0.5) is 13.2 Å². The Balaban J connectivity index is 1.74.